The maximum Gasteiger partial charge on any atom is 0.227 e. The third-order valence-electron chi connectivity index (χ3n) is 4.24. The molecular formula is C20H17Br2N5. The van der Waals surface area contributed by atoms with Gasteiger partial charge < -0.3 is 9.88 Å². The summed E-state index contributed by atoms with van der Waals surface area (Å²) in [6.07, 6.45) is 7.63. The van der Waals surface area contributed by atoms with Gasteiger partial charge in [0.25, 0.3) is 0 Å². The van der Waals surface area contributed by atoms with Gasteiger partial charge in [-0.15, -0.1) is 0 Å². The van der Waals surface area contributed by atoms with Crippen molar-refractivity contribution < 1.29 is 0 Å². The topological polar surface area (TPSA) is 55.6 Å². The zero-order valence-corrected chi connectivity index (χ0v) is 18.0. The first-order chi connectivity index (χ1) is 13.0. The van der Waals surface area contributed by atoms with Crippen molar-refractivity contribution in [3.05, 3.63) is 64.1 Å². The SMILES string of the molecule is CC(C)n1cc(-c2ccnc(Nc3cc(Br)cc(Br)c3)n2)c2ccncc21. The molecule has 0 aliphatic heterocycles. The normalized spacial score (nSPS) is 11.3. The summed E-state index contributed by atoms with van der Waals surface area (Å²) < 4.78 is 4.17. The van der Waals surface area contributed by atoms with E-state index >= 15 is 0 Å². The Morgan fingerprint density at radius 3 is 2.56 bits per heavy atom. The zero-order chi connectivity index (χ0) is 19.0. The van der Waals surface area contributed by atoms with E-state index in [2.05, 4.69) is 71.8 Å². The summed E-state index contributed by atoms with van der Waals surface area (Å²) in [5.41, 5.74) is 3.95. The Hall–Kier alpha value is -2.25. The first-order valence-electron chi connectivity index (χ1n) is 8.52. The van der Waals surface area contributed by atoms with E-state index in [1.165, 1.54) is 0 Å². The van der Waals surface area contributed by atoms with E-state index < -0.39 is 0 Å². The second kappa shape index (κ2) is 7.40. The highest BCUT2D eigenvalue weighted by Crippen LogP contribution is 2.32. The first-order valence-corrected chi connectivity index (χ1v) is 10.1. The molecule has 1 aromatic carbocycles. The van der Waals surface area contributed by atoms with Gasteiger partial charge in [-0.3, -0.25) is 4.98 Å². The number of pyridine rings is 1. The first kappa shape index (κ1) is 18.1. The van der Waals surface area contributed by atoms with Gasteiger partial charge in [-0.25, -0.2) is 9.97 Å². The molecule has 0 aliphatic rings. The number of aromatic nitrogens is 4. The minimum Gasteiger partial charge on any atom is -0.343 e. The molecule has 3 heterocycles. The van der Waals surface area contributed by atoms with Crippen LogP contribution < -0.4 is 5.32 Å². The molecule has 4 aromatic rings. The van der Waals surface area contributed by atoms with Crippen molar-refractivity contribution in [2.75, 3.05) is 5.32 Å². The van der Waals surface area contributed by atoms with Crippen molar-refractivity contribution in [1.82, 2.24) is 19.5 Å². The van der Waals surface area contributed by atoms with Crippen molar-refractivity contribution in [3.8, 4) is 11.3 Å². The van der Waals surface area contributed by atoms with E-state index in [-0.39, 0.29) is 0 Å². The van der Waals surface area contributed by atoms with Crippen LogP contribution in [0.4, 0.5) is 11.6 Å². The second-order valence-corrected chi connectivity index (χ2v) is 8.32. The molecule has 4 rings (SSSR count). The number of nitrogens with one attached hydrogen (secondary N) is 1. The highest BCUT2D eigenvalue weighted by molar-refractivity contribution is 9.11. The molecule has 3 aromatic heterocycles. The molecule has 0 bridgehead atoms. The van der Waals surface area contributed by atoms with Crippen LogP contribution in [0.25, 0.3) is 22.2 Å². The maximum absolute atomic E-state index is 4.73. The standard InChI is InChI=1S/C20H17Br2N5/c1-12(2)27-11-17(16-3-5-23-10-19(16)27)18-4-6-24-20(26-18)25-15-8-13(21)7-14(22)9-15/h3-12H,1-2H3,(H,24,25,26). The number of hydrogen-bond donors (Lipinski definition) is 1. The van der Waals surface area contributed by atoms with Crippen LogP contribution in [0.15, 0.2) is 64.1 Å². The van der Waals surface area contributed by atoms with Gasteiger partial charge in [0.05, 0.1) is 17.4 Å². The van der Waals surface area contributed by atoms with Crippen LogP contribution in [0.1, 0.15) is 19.9 Å². The number of nitrogens with zero attached hydrogens (tertiary/aromatic N) is 4. The molecule has 7 heteroatoms. The van der Waals surface area contributed by atoms with Gasteiger partial charge in [0.2, 0.25) is 5.95 Å². The van der Waals surface area contributed by atoms with Gasteiger partial charge in [0, 0.05) is 50.2 Å². The van der Waals surface area contributed by atoms with Crippen molar-refractivity contribution in [3.63, 3.8) is 0 Å². The van der Waals surface area contributed by atoms with Crippen molar-refractivity contribution in [2.24, 2.45) is 0 Å². The van der Waals surface area contributed by atoms with E-state index in [0.29, 0.717) is 12.0 Å². The molecule has 0 aliphatic carbocycles. The number of hydrogen-bond acceptors (Lipinski definition) is 4. The summed E-state index contributed by atoms with van der Waals surface area (Å²) in [6.45, 7) is 4.32. The molecule has 136 valence electrons. The predicted molar refractivity (Wildman–Crippen MR) is 116 cm³/mol. The van der Waals surface area contributed by atoms with Crippen LogP contribution in [0.2, 0.25) is 0 Å². The lowest BCUT2D eigenvalue weighted by atomic mass is 10.1. The lowest BCUT2D eigenvalue weighted by Crippen LogP contribution is -1.98. The average Bonchev–Trinajstić information content (AvgIpc) is 3.01. The molecule has 1 N–H and O–H groups in total. The van der Waals surface area contributed by atoms with Crippen molar-refractivity contribution >= 4 is 54.4 Å². The number of rotatable bonds is 4. The molecule has 27 heavy (non-hydrogen) atoms. The summed E-state index contributed by atoms with van der Waals surface area (Å²) in [5, 5.41) is 4.40. The van der Waals surface area contributed by atoms with Gasteiger partial charge in [0.1, 0.15) is 0 Å². The number of anilines is 2. The van der Waals surface area contributed by atoms with Gasteiger partial charge in [0.15, 0.2) is 0 Å². The van der Waals surface area contributed by atoms with Crippen LogP contribution in [-0.2, 0) is 0 Å². The predicted octanol–water partition coefficient (Wildman–Crippen LogP) is 6.34. The lowest BCUT2D eigenvalue weighted by molar-refractivity contribution is 0.622. The van der Waals surface area contributed by atoms with E-state index in [9.17, 15) is 0 Å². The Morgan fingerprint density at radius 2 is 1.81 bits per heavy atom. The Balaban J connectivity index is 1.76. The highest BCUT2D eigenvalue weighted by atomic mass is 79.9. The summed E-state index contributed by atoms with van der Waals surface area (Å²) in [4.78, 5) is 13.4. The second-order valence-electron chi connectivity index (χ2n) is 6.49. The van der Waals surface area contributed by atoms with Gasteiger partial charge >= 0.3 is 0 Å². The van der Waals surface area contributed by atoms with Crippen LogP contribution in [0.5, 0.6) is 0 Å². The summed E-state index contributed by atoms with van der Waals surface area (Å²) in [6, 6.07) is 10.3. The molecule has 0 unspecified atom stereocenters. The Bertz CT molecular complexity index is 1100. The average molecular weight is 487 g/mol. The third-order valence-corrected chi connectivity index (χ3v) is 5.16. The van der Waals surface area contributed by atoms with Gasteiger partial charge in [-0.05, 0) is 44.2 Å². The maximum atomic E-state index is 4.73. The molecular weight excluding hydrogens is 470 g/mol. The third kappa shape index (κ3) is 3.75. The number of benzene rings is 1. The van der Waals surface area contributed by atoms with E-state index in [4.69, 9.17) is 4.98 Å². The van der Waals surface area contributed by atoms with E-state index in [1.54, 1.807) is 6.20 Å². The van der Waals surface area contributed by atoms with Crippen LogP contribution >= 0.6 is 31.9 Å². The molecule has 0 fully saturated rings. The van der Waals surface area contributed by atoms with E-state index in [0.717, 1.165) is 36.8 Å². The molecule has 0 atom stereocenters. The molecule has 5 nitrogen and oxygen atoms in total. The van der Waals surface area contributed by atoms with Crippen molar-refractivity contribution in [2.45, 2.75) is 19.9 Å². The Morgan fingerprint density at radius 1 is 1.04 bits per heavy atom. The van der Waals surface area contributed by atoms with Crippen LogP contribution in [-0.4, -0.2) is 19.5 Å². The lowest BCUT2D eigenvalue weighted by Gasteiger charge is -2.08. The van der Waals surface area contributed by atoms with Gasteiger partial charge in [-0.2, -0.15) is 0 Å². The molecule has 0 amide bonds. The Kier molecular flexibility index (Phi) is 4.97. The molecule has 0 saturated heterocycles. The quantitative estimate of drug-likeness (QED) is 0.365. The molecule has 0 radical (unpaired) electrons. The number of halogens is 2. The Labute approximate surface area is 174 Å². The fourth-order valence-corrected chi connectivity index (χ4v) is 4.35. The van der Waals surface area contributed by atoms with Crippen molar-refractivity contribution in [1.29, 1.82) is 0 Å². The number of fused-ring (bicyclic) bond motifs is 1. The van der Waals surface area contributed by atoms with Crippen LogP contribution in [0, 0.1) is 0 Å². The van der Waals surface area contributed by atoms with Gasteiger partial charge in [-0.1, -0.05) is 31.9 Å². The fraction of sp³-hybridized carbons (Fsp3) is 0.150. The molecule has 0 saturated carbocycles. The largest absolute Gasteiger partial charge is 0.343 e. The smallest absolute Gasteiger partial charge is 0.227 e. The highest BCUT2D eigenvalue weighted by Gasteiger charge is 2.14. The summed E-state index contributed by atoms with van der Waals surface area (Å²) in [7, 11) is 0. The summed E-state index contributed by atoms with van der Waals surface area (Å²) >= 11 is 7.00. The summed E-state index contributed by atoms with van der Waals surface area (Å²) in [5.74, 6) is 0.553. The minimum atomic E-state index is 0.337. The van der Waals surface area contributed by atoms with Crippen LogP contribution in [0.3, 0.4) is 0 Å². The monoisotopic (exact) mass is 485 g/mol. The van der Waals surface area contributed by atoms with E-state index in [1.807, 2.05) is 42.7 Å². The minimum absolute atomic E-state index is 0.337. The fourth-order valence-electron chi connectivity index (χ4n) is 3.05. The molecule has 0 spiro atoms. The zero-order valence-electron chi connectivity index (χ0n) is 14.8.